The largest absolute Gasteiger partial charge is 0.362 e. The number of hydrogen-bond acceptors (Lipinski definition) is 1. The molecule has 0 aliphatic heterocycles. The maximum atomic E-state index is 3.16. The zero-order chi connectivity index (χ0) is 7.82. The topological polar surface area (TPSA) is 12.0 Å². The van der Waals surface area contributed by atoms with Gasteiger partial charge in [0.15, 0.2) is 7.98 Å². The van der Waals surface area contributed by atoms with Crippen LogP contribution in [0.3, 0.4) is 0 Å². The van der Waals surface area contributed by atoms with Gasteiger partial charge in [-0.05, 0) is 18.9 Å². The third-order valence-electron chi connectivity index (χ3n) is 1.71. The van der Waals surface area contributed by atoms with E-state index in [4.69, 9.17) is 0 Å². The SMILES string of the molecule is BNCCCCCC(C)C. The Kier molecular flexibility index (Phi) is 7.15. The Morgan fingerprint density at radius 1 is 1.20 bits per heavy atom. The molecule has 0 amide bonds. The van der Waals surface area contributed by atoms with Crippen LogP contribution in [-0.2, 0) is 0 Å². The van der Waals surface area contributed by atoms with E-state index in [1.807, 2.05) is 7.98 Å². The zero-order valence-corrected chi connectivity index (χ0v) is 7.61. The van der Waals surface area contributed by atoms with Crippen molar-refractivity contribution >= 4 is 7.98 Å². The van der Waals surface area contributed by atoms with E-state index in [9.17, 15) is 0 Å². The highest BCUT2D eigenvalue weighted by Crippen LogP contribution is 2.06. The predicted molar refractivity (Wildman–Crippen MR) is 49.9 cm³/mol. The van der Waals surface area contributed by atoms with Gasteiger partial charge in [0.05, 0.1) is 0 Å². The quantitative estimate of drug-likeness (QED) is 0.434. The third kappa shape index (κ3) is 8.02. The van der Waals surface area contributed by atoms with Gasteiger partial charge in [-0.15, -0.1) is 0 Å². The van der Waals surface area contributed by atoms with Gasteiger partial charge in [0.25, 0.3) is 0 Å². The molecule has 0 aliphatic carbocycles. The molecule has 10 heavy (non-hydrogen) atoms. The molecule has 60 valence electrons. The molecule has 1 N–H and O–H groups in total. The monoisotopic (exact) mass is 141 g/mol. The van der Waals surface area contributed by atoms with Crippen molar-refractivity contribution in [1.29, 1.82) is 0 Å². The second-order valence-electron chi connectivity index (χ2n) is 3.35. The second kappa shape index (κ2) is 7.14. The lowest BCUT2D eigenvalue weighted by molar-refractivity contribution is 0.527. The summed E-state index contributed by atoms with van der Waals surface area (Å²) in [7, 11) is 2.02. The van der Waals surface area contributed by atoms with Crippen molar-refractivity contribution in [3.63, 3.8) is 0 Å². The maximum Gasteiger partial charge on any atom is 0.181 e. The highest BCUT2D eigenvalue weighted by molar-refractivity contribution is 6.04. The van der Waals surface area contributed by atoms with Gasteiger partial charge in [-0.25, -0.2) is 0 Å². The number of nitrogens with one attached hydrogen (secondary N) is 1. The summed E-state index contributed by atoms with van der Waals surface area (Å²) in [4.78, 5) is 0. The van der Waals surface area contributed by atoms with Gasteiger partial charge in [0, 0.05) is 0 Å². The first kappa shape index (κ1) is 10.0. The average molecular weight is 141 g/mol. The van der Waals surface area contributed by atoms with Crippen LogP contribution < -0.4 is 5.23 Å². The van der Waals surface area contributed by atoms with Gasteiger partial charge >= 0.3 is 0 Å². The molecule has 0 saturated heterocycles. The molecule has 0 radical (unpaired) electrons. The molecule has 0 unspecified atom stereocenters. The molecule has 2 heteroatoms. The Bertz CT molecular complexity index is 64.3. The molecule has 1 nitrogen and oxygen atoms in total. The van der Waals surface area contributed by atoms with Crippen LogP contribution in [0.15, 0.2) is 0 Å². The summed E-state index contributed by atoms with van der Waals surface area (Å²) in [6, 6.07) is 0. The lowest BCUT2D eigenvalue weighted by atomic mass is 10.1. The summed E-state index contributed by atoms with van der Waals surface area (Å²) in [5.74, 6) is 0.884. The summed E-state index contributed by atoms with van der Waals surface area (Å²) in [6.07, 6.45) is 5.52. The lowest BCUT2D eigenvalue weighted by Gasteiger charge is -2.03. The highest BCUT2D eigenvalue weighted by atomic mass is 14.7. The fraction of sp³-hybridized carbons (Fsp3) is 1.00. The van der Waals surface area contributed by atoms with Gasteiger partial charge < -0.3 is 5.23 Å². The van der Waals surface area contributed by atoms with Crippen LogP contribution in [0.2, 0.25) is 0 Å². The van der Waals surface area contributed by atoms with E-state index in [-0.39, 0.29) is 0 Å². The Labute approximate surface area is 66.0 Å². The number of hydrogen-bond donors (Lipinski definition) is 1. The smallest absolute Gasteiger partial charge is 0.181 e. The molecule has 0 rings (SSSR count). The highest BCUT2D eigenvalue weighted by Gasteiger charge is 1.92. The van der Waals surface area contributed by atoms with Gasteiger partial charge in [-0.2, -0.15) is 0 Å². The van der Waals surface area contributed by atoms with E-state index >= 15 is 0 Å². The first-order chi connectivity index (χ1) is 4.77. The standard InChI is InChI=1S/C8H20BN/c1-8(2)6-4-3-5-7-10-9/h8,10H,3-7,9H2,1-2H3. The molecule has 0 atom stereocenters. The van der Waals surface area contributed by atoms with E-state index in [0.717, 1.165) is 5.92 Å². The van der Waals surface area contributed by atoms with Crippen molar-refractivity contribution in [2.24, 2.45) is 5.92 Å². The van der Waals surface area contributed by atoms with Crippen molar-refractivity contribution in [3.05, 3.63) is 0 Å². The summed E-state index contributed by atoms with van der Waals surface area (Å²) >= 11 is 0. The fourth-order valence-electron chi connectivity index (χ4n) is 1.03. The van der Waals surface area contributed by atoms with Crippen LogP contribution in [0.25, 0.3) is 0 Å². The Morgan fingerprint density at radius 2 is 1.90 bits per heavy atom. The molecular formula is C8H20BN. The summed E-state index contributed by atoms with van der Waals surface area (Å²) in [6.45, 7) is 5.76. The van der Waals surface area contributed by atoms with Gasteiger partial charge in [0.2, 0.25) is 0 Å². The average Bonchev–Trinajstić information content (AvgIpc) is 1.87. The van der Waals surface area contributed by atoms with Crippen molar-refractivity contribution in [3.8, 4) is 0 Å². The Hall–Kier alpha value is 0.0249. The lowest BCUT2D eigenvalue weighted by Crippen LogP contribution is -2.09. The summed E-state index contributed by atoms with van der Waals surface area (Å²) in [5, 5.41) is 3.16. The molecular weight excluding hydrogens is 121 g/mol. The molecule has 0 saturated carbocycles. The van der Waals surface area contributed by atoms with Gasteiger partial charge in [-0.3, -0.25) is 0 Å². The molecule has 0 aliphatic rings. The van der Waals surface area contributed by atoms with Gasteiger partial charge in [0.1, 0.15) is 0 Å². The van der Waals surface area contributed by atoms with Crippen molar-refractivity contribution in [2.45, 2.75) is 39.5 Å². The molecule has 0 spiro atoms. The molecule has 0 heterocycles. The molecule has 0 bridgehead atoms. The van der Waals surface area contributed by atoms with Crippen LogP contribution in [0.5, 0.6) is 0 Å². The summed E-state index contributed by atoms with van der Waals surface area (Å²) < 4.78 is 0. The summed E-state index contributed by atoms with van der Waals surface area (Å²) in [5.41, 5.74) is 0. The first-order valence-corrected chi connectivity index (χ1v) is 4.42. The van der Waals surface area contributed by atoms with E-state index < -0.39 is 0 Å². The molecule has 0 aromatic heterocycles. The van der Waals surface area contributed by atoms with Crippen LogP contribution in [0.1, 0.15) is 39.5 Å². The van der Waals surface area contributed by atoms with Crippen LogP contribution in [0, 0.1) is 5.92 Å². The normalized spacial score (nSPS) is 10.7. The number of rotatable bonds is 6. The van der Waals surface area contributed by atoms with Crippen molar-refractivity contribution in [2.75, 3.05) is 6.54 Å². The van der Waals surface area contributed by atoms with Crippen molar-refractivity contribution in [1.82, 2.24) is 5.23 Å². The van der Waals surface area contributed by atoms with E-state index in [1.165, 1.54) is 32.2 Å². The third-order valence-corrected chi connectivity index (χ3v) is 1.71. The minimum absolute atomic E-state index is 0.884. The first-order valence-electron chi connectivity index (χ1n) is 4.42. The second-order valence-corrected chi connectivity index (χ2v) is 3.35. The molecule has 0 fully saturated rings. The molecule has 0 aromatic carbocycles. The minimum Gasteiger partial charge on any atom is -0.362 e. The van der Waals surface area contributed by atoms with Crippen LogP contribution >= 0.6 is 0 Å². The Balaban J connectivity index is 2.77. The minimum atomic E-state index is 0.884. The van der Waals surface area contributed by atoms with Crippen molar-refractivity contribution < 1.29 is 0 Å². The van der Waals surface area contributed by atoms with E-state index in [0.29, 0.717) is 0 Å². The number of unbranched alkanes of at least 4 members (excludes halogenated alkanes) is 2. The van der Waals surface area contributed by atoms with Crippen LogP contribution in [-0.4, -0.2) is 14.5 Å². The maximum absolute atomic E-state index is 3.16. The van der Waals surface area contributed by atoms with Gasteiger partial charge in [-0.1, -0.05) is 33.1 Å². The zero-order valence-electron chi connectivity index (χ0n) is 7.61. The van der Waals surface area contributed by atoms with Crippen LogP contribution in [0.4, 0.5) is 0 Å². The predicted octanol–water partition coefficient (Wildman–Crippen LogP) is 1.34. The Morgan fingerprint density at radius 3 is 2.40 bits per heavy atom. The fourth-order valence-corrected chi connectivity index (χ4v) is 1.03. The molecule has 0 aromatic rings. The van der Waals surface area contributed by atoms with E-state index in [1.54, 1.807) is 0 Å². The van der Waals surface area contributed by atoms with E-state index in [2.05, 4.69) is 19.1 Å².